The van der Waals surface area contributed by atoms with Gasteiger partial charge in [-0.05, 0) is 51.9 Å². The molecule has 0 aromatic rings. The van der Waals surface area contributed by atoms with Gasteiger partial charge in [0.25, 0.3) is 0 Å². The Balaban J connectivity index is 2.07. The van der Waals surface area contributed by atoms with Crippen LogP contribution in [0.1, 0.15) is 40.0 Å². The zero-order chi connectivity index (χ0) is 8.72. The molecule has 1 heteroatoms. The highest BCUT2D eigenvalue weighted by atomic mass is 15.2. The largest absolute Gasteiger partial charge is 0.298 e. The number of fused-ring (bicyclic) bond motifs is 2. The summed E-state index contributed by atoms with van der Waals surface area (Å²) in [5, 5.41) is 0. The number of hydrogen-bond acceptors (Lipinski definition) is 1. The van der Waals surface area contributed by atoms with E-state index in [1.165, 1.54) is 25.8 Å². The summed E-state index contributed by atoms with van der Waals surface area (Å²) in [5.74, 6) is 2.06. The second-order valence-corrected chi connectivity index (χ2v) is 4.97. The van der Waals surface area contributed by atoms with Gasteiger partial charge in [-0.25, -0.2) is 0 Å². The molecule has 2 aliphatic rings. The summed E-state index contributed by atoms with van der Waals surface area (Å²) in [7, 11) is 0. The van der Waals surface area contributed by atoms with E-state index in [1.807, 2.05) is 0 Å². The van der Waals surface area contributed by atoms with Crippen molar-refractivity contribution in [3.63, 3.8) is 0 Å². The molecule has 1 saturated carbocycles. The predicted octanol–water partition coefficient (Wildman–Crippen LogP) is 2.52. The van der Waals surface area contributed by atoms with Crippen LogP contribution in [0.3, 0.4) is 0 Å². The Kier molecular flexibility index (Phi) is 2.16. The van der Waals surface area contributed by atoms with Crippen molar-refractivity contribution in [2.24, 2.45) is 11.8 Å². The van der Waals surface area contributed by atoms with Crippen molar-refractivity contribution in [2.75, 3.05) is 6.54 Å². The standard InChI is InChI=1S/C11H21N/c1-8(2)12-7-10-4-5-11(6-10)9(12)3/h8-11H,4-7H2,1-3H3. The highest BCUT2D eigenvalue weighted by molar-refractivity contribution is 4.92. The summed E-state index contributed by atoms with van der Waals surface area (Å²) in [6.45, 7) is 8.46. The van der Waals surface area contributed by atoms with Gasteiger partial charge in [0.15, 0.2) is 0 Å². The van der Waals surface area contributed by atoms with Gasteiger partial charge in [0.1, 0.15) is 0 Å². The van der Waals surface area contributed by atoms with Crippen LogP contribution in [-0.2, 0) is 0 Å². The number of rotatable bonds is 1. The van der Waals surface area contributed by atoms with E-state index >= 15 is 0 Å². The molecule has 0 amide bonds. The van der Waals surface area contributed by atoms with Gasteiger partial charge in [0.05, 0.1) is 0 Å². The molecule has 1 aliphatic carbocycles. The van der Waals surface area contributed by atoms with Crippen LogP contribution in [-0.4, -0.2) is 23.5 Å². The summed E-state index contributed by atoms with van der Waals surface area (Å²) >= 11 is 0. The maximum absolute atomic E-state index is 2.70. The van der Waals surface area contributed by atoms with E-state index in [0.29, 0.717) is 0 Å². The van der Waals surface area contributed by atoms with Crippen LogP contribution in [0.25, 0.3) is 0 Å². The van der Waals surface area contributed by atoms with E-state index in [2.05, 4.69) is 25.7 Å². The normalized spacial score (nSPS) is 42.5. The Labute approximate surface area is 76.1 Å². The van der Waals surface area contributed by atoms with Crippen LogP contribution in [0.15, 0.2) is 0 Å². The van der Waals surface area contributed by atoms with Crippen molar-refractivity contribution in [3.05, 3.63) is 0 Å². The molecule has 2 rings (SSSR count). The molecule has 1 saturated heterocycles. The average molecular weight is 167 g/mol. The topological polar surface area (TPSA) is 3.24 Å². The van der Waals surface area contributed by atoms with Gasteiger partial charge < -0.3 is 0 Å². The summed E-state index contributed by atoms with van der Waals surface area (Å²) in [6.07, 6.45) is 4.51. The second-order valence-electron chi connectivity index (χ2n) is 4.97. The van der Waals surface area contributed by atoms with Gasteiger partial charge in [-0.2, -0.15) is 0 Å². The molecule has 3 atom stereocenters. The summed E-state index contributed by atoms with van der Waals surface area (Å²) in [4.78, 5) is 2.70. The SMILES string of the molecule is CC(C)N1CC2CCC(C2)C1C. The highest BCUT2D eigenvalue weighted by Crippen LogP contribution is 2.40. The molecule has 0 spiro atoms. The minimum absolute atomic E-state index is 0.753. The van der Waals surface area contributed by atoms with Crippen molar-refractivity contribution in [3.8, 4) is 0 Å². The molecule has 70 valence electrons. The lowest BCUT2D eigenvalue weighted by atomic mass is 9.91. The van der Waals surface area contributed by atoms with Gasteiger partial charge >= 0.3 is 0 Å². The summed E-state index contributed by atoms with van der Waals surface area (Å²) < 4.78 is 0. The second kappa shape index (κ2) is 3.02. The molecule has 1 nitrogen and oxygen atoms in total. The monoisotopic (exact) mass is 167 g/mol. The first-order valence-electron chi connectivity index (χ1n) is 5.44. The van der Waals surface area contributed by atoms with Crippen molar-refractivity contribution in [2.45, 2.75) is 52.1 Å². The van der Waals surface area contributed by atoms with E-state index < -0.39 is 0 Å². The fourth-order valence-corrected chi connectivity index (χ4v) is 3.13. The van der Waals surface area contributed by atoms with Gasteiger partial charge in [-0.3, -0.25) is 4.90 Å². The first-order chi connectivity index (χ1) is 5.68. The molecule has 1 heterocycles. The summed E-state index contributed by atoms with van der Waals surface area (Å²) in [5.41, 5.74) is 0. The molecular weight excluding hydrogens is 146 g/mol. The lowest BCUT2D eigenvalue weighted by molar-refractivity contribution is 0.0736. The average Bonchev–Trinajstić information content (AvgIpc) is 2.41. The van der Waals surface area contributed by atoms with E-state index in [0.717, 1.165) is 23.9 Å². The number of nitrogens with zero attached hydrogens (tertiary/aromatic N) is 1. The van der Waals surface area contributed by atoms with Crippen LogP contribution in [0.5, 0.6) is 0 Å². The zero-order valence-corrected chi connectivity index (χ0v) is 8.59. The van der Waals surface area contributed by atoms with Gasteiger partial charge in [-0.15, -0.1) is 0 Å². The van der Waals surface area contributed by atoms with Crippen molar-refractivity contribution >= 4 is 0 Å². The zero-order valence-electron chi connectivity index (χ0n) is 8.59. The molecule has 0 radical (unpaired) electrons. The number of likely N-dealkylation sites (tertiary alicyclic amines) is 1. The molecule has 1 aliphatic heterocycles. The molecule has 0 aromatic heterocycles. The Hall–Kier alpha value is -0.0400. The Morgan fingerprint density at radius 1 is 1.25 bits per heavy atom. The van der Waals surface area contributed by atoms with Crippen LogP contribution >= 0.6 is 0 Å². The fraction of sp³-hybridized carbons (Fsp3) is 1.00. The lowest BCUT2D eigenvalue weighted by Gasteiger charge is -2.40. The Bertz CT molecular complexity index is 164. The smallest absolute Gasteiger partial charge is 0.00981 e. The van der Waals surface area contributed by atoms with E-state index in [9.17, 15) is 0 Å². The lowest BCUT2D eigenvalue weighted by Crippen LogP contribution is -2.47. The molecular formula is C11H21N. The molecule has 2 bridgehead atoms. The molecule has 0 aromatic carbocycles. The fourth-order valence-electron chi connectivity index (χ4n) is 3.13. The van der Waals surface area contributed by atoms with Crippen LogP contribution in [0.4, 0.5) is 0 Å². The van der Waals surface area contributed by atoms with Crippen molar-refractivity contribution < 1.29 is 0 Å². The Morgan fingerprint density at radius 2 is 2.00 bits per heavy atom. The molecule has 2 fully saturated rings. The van der Waals surface area contributed by atoms with E-state index in [4.69, 9.17) is 0 Å². The third kappa shape index (κ3) is 1.28. The quantitative estimate of drug-likeness (QED) is 0.580. The van der Waals surface area contributed by atoms with E-state index in [1.54, 1.807) is 0 Å². The van der Waals surface area contributed by atoms with Crippen molar-refractivity contribution in [1.82, 2.24) is 4.90 Å². The first kappa shape index (κ1) is 8.55. The Morgan fingerprint density at radius 3 is 2.67 bits per heavy atom. The predicted molar refractivity (Wildman–Crippen MR) is 52.1 cm³/mol. The number of hydrogen-bond donors (Lipinski definition) is 0. The molecule has 0 N–H and O–H groups in total. The van der Waals surface area contributed by atoms with Crippen molar-refractivity contribution in [1.29, 1.82) is 0 Å². The van der Waals surface area contributed by atoms with Crippen LogP contribution in [0.2, 0.25) is 0 Å². The third-order valence-electron chi connectivity index (χ3n) is 3.92. The maximum atomic E-state index is 2.70. The first-order valence-corrected chi connectivity index (χ1v) is 5.44. The molecule has 12 heavy (non-hydrogen) atoms. The third-order valence-corrected chi connectivity index (χ3v) is 3.92. The maximum Gasteiger partial charge on any atom is 0.00981 e. The highest BCUT2D eigenvalue weighted by Gasteiger charge is 2.38. The van der Waals surface area contributed by atoms with Gasteiger partial charge in [0.2, 0.25) is 0 Å². The minimum atomic E-state index is 0.753. The molecule has 3 unspecified atom stereocenters. The van der Waals surface area contributed by atoms with Gasteiger partial charge in [-0.1, -0.05) is 0 Å². The van der Waals surface area contributed by atoms with Gasteiger partial charge in [0, 0.05) is 18.6 Å². The van der Waals surface area contributed by atoms with Crippen LogP contribution < -0.4 is 0 Å². The van der Waals surface area contributed by atoms with Crippen LogP contribution in [0, 0.1) is 11.8 Å². The minimum Gasteiger partial charge on any atom is -0.298 e. The number of piperidine rings is 1. The summed E-state index contributed by atoms with van der Waals surface area (Å²) in [6, 6.07) is 1.60. The van der Waals surface area contributed by atoms with E-state index in [-0.39, 0.29) is 0 Å².